The summed E-state index contributed by atoms with van der Waals surface area (Å²) in [5, 5.41) is 16.1. The third-order valence-electron chi connectivity index (χ3n) is 4.61. The van der Waals surface area contributed by atoms with Gasteiger partial charge in [-0.05, 0) is 51.5 Å². The molecule has 0 spiro atoms. The van der Waals surface area contributed by atoms with E-state index in [4.69, 9.17) is 12.2 Å². The number of anilines is 1. The van der Waals surface area contributed by atoms with Crippen molar-refractivity contribution in [1.29, 1.82) is 0 Å². The molecule has 0 saturated heterocycles. The predicted octanol–water partition coefficient (Wildman–Crippen LogP) is 3.56. The number of aryl methyl sites for hydroxylation is 3. The monoisotopic (exact) mass is 382 g/mol. The molecule has 0 aliphatic heterocycles. The predicted molar refractivity (Wildman–Crippen MR) is 113 cm³/mol. The van der Waals surface area contributed by atoms with Crippen LogP contribution in [0.4, 0.5) is 5.69 Å². The van der Waals surface area contributed by atoms with Gasteiger partial charge >= 0.3 is 0 Å². The summed E-state index contributed by atoms with van der Waals surface area (Å²) in [6.07, 6.45) is 1.81. The quantitative estimate of drug-likeness (QED) is 0.639. The summed E-state index contributed by atoms with van der Waals surface area (Å²) in [4.78, 5) is 0. The van der Waals surface area contributed by atoms with Gasteiger partial charge in [0, 0.05) is 12.7 Å². The SMILES string of the molecule is CCn1nccc1CNC(=S)Nc1c(C)nn(Cc2ccc(C)cc2)c1C. The molecular weight excluding hydrogens is 356 g/mol. The van der Waals surface area contributed by atoms with Gasteiger partial charge < -0.3 is 10.6 Å². The fourth-order valence-electron chi connectivity index (χ4n) is 3.02. The molecule has 0 amide bonds. The van der Waals surface area contributed by atoms with E-state index in [9.17, 15) is 0 Å². The Bertz CT molecular complexity index is 923. The zero-order valence-electron chi connectivity index (χ0n) is 16.3. The first-order valence-corrected chi connectivity index (χ1v) is 9.53. The third-order valence-corrected chi connectivity index (χ3v) is 4.85. The van der Waals surface area contributed by atoms with Gasteiger partial charge in [0.25, 0.3) is 0 Å². The lowest BCUT2D eigenvalue weighted by molar-refractivity contribution is 0.614. The number of hydrogen-bond donors (Lipinski definition) is 2. The number of nitrogens with one attached hydrogen (secondary N) is 2. The van der Waals surface area contributed by atoms with Gasteiger partial charge in [0.15, 0.2) is 5.11 Å². The maximum Gasteiger partial charge on any atom is 0.171 e. The second-order valence-electron chi connectivity index (χ2n) is 6.64. The van der Waals surface area contributed by atoms with E-state index in [1.165, 1.54) is 11.1 Å². The Balaban J connectivity index is 1.65. The molecule has 0 saturated carbocycles. The summed E-state index contributed by atoms with van der Waals surface area (Å²) in [5.74, 6) is 0. The van der Waals surface area contributed by atoms with E-state index in [1.54, 1.807) is 6.20 Å². The molecular formula is C20H26N6S. The van der Waals surface area contributed by atoms with Gasteiger partial charge in [-0.2, -0.15) is 10.2 Å². The van der Waals surface area contributed by atoms with Crippen LogP contribution in [0.15, 0.2) is 36.5 Å². The highest BCUT2D eigenvalue weighted by Gasteiger charge is 2.13. The fourth-order valence-corrected chi connectivity index (χ4v) is 3.20. The molecule has 0 aliphatic rings. The second-order valence-corrected chi connectivity index (χ2v) is 7.04. The van der Waals surface area contributed by atoms with E-state index in [2.05, 4.69) is 65.9 Å². The largest absolute Gasteiger partial charge is 0.357 e. The molecule has 3 rings (SSSR count). The zero-order chi connectivity index (χ0) is 19.4. The third kappa shape index (κ3) is 4.54. The van der Waals surface area contributed by atoms with Crippen molar-refractivity contribution in [3.8, 4) is 0 Å². The normalized spacial score (nSPS) is 10.8. The molecule has 6 nitrogen and oxygen atoms in total. The maximum atomic E-state index is 5.47. The molecule has 0 atom stereocenters. The van der Waals surface area contributed by atoms with Crippen LogP contribution >= 0.6 is 12.2 Å². The van der Waals surface area contributed by atoms with Gasteiger partial charge in [0.05, 0.1) is 35.9 Å². The van der Waals surface area contributed by atoms with Crippen molar-refractivity contribution >= 4 is 23.0 Å². The first-order chi connectivity index (χ1) is 13.0. The summed E-state index contributed by atoms with van der Waals surface area (Å²) in [7, 11) is 0. The Hall–Kier alpha value is -2.67. The Morgan fingerprint density at radius 1 is 1.07 bits per heavy atom. The molecule has 142 valence electrons. The Morgan fingerprint density at radius 2 is 1.81 bits per heavy atom. The van der Waals surface area contributed by atoms with Crippen LogP contribution in [-0.2, 0) is 19.6 Å². The topological polar surface area (TPSA) is 59.7 Å². The number of rotatable bonds is 6. The minimum Gasteiger partial charge on any atom is -0.357 e. The molecule has 2 aromatic heterocycles. The summed E-state index contributed by atoms with van der Waals surface area (Å²) >= 11 is 5.47. The van der Waals surface area contributed by atoms with Crippen LogP contribution in [0, 0.1) is 20.8 Å². The lowest BCUT2D eigenvalue weighted by Crippen LogP contribution is -2.29. The Morgan fingerprint density at radius 3 is 2.52 bits per heavy atom. The molecule has 27 heavy (non-hydrogen) atoms. The first-order valence-electron chi connectivity index (χ1n) is 9.13. The Kier molecular flexibility index (Phi) is 5.91. The minimum atomic E-state index is 0.583. The zero-order valence-corrected chi connectivity index (χ0v) is 17.1. The lowest BCUT2D eigenvalue weighted by atomic mass is 10.1. The van der Waals surface area contributed by atoms with Gasteiger partial charge in [0.1, 0.15) is 0 Å². The van der Waals surface area contributed by atoms with Gasteiger partial charge in [0.2, 0.25) is 0 Å². The van der Waals surface area contributed by atoms with Crippen LogP contribution in [0.1, 0.15) is 35.1 Å². The van der Waals surface area contributed by atoms with Crippen molar-refractivity contribution in [2.75, 3.05) is 5.32 Å². The number of aromatic nitrogens is 4. The molecule has 0 unspecified atom stereocenters. The van der Waals surface area contributed by atoms with Crippen molar-refractivity contribution in [1.82, 2.24) is 24.9 Å². The smallest absolute Gasteiger partial charge is 0.171 e. The summed E-state index contributed by atoms with van der Waals surface area (Å²) in [6, 6.07) is 10.5. The summed E-state index contributed by atoms with van der Waals surface area (Å²) in [6.45, 7) is 10.4. The molecule has 7 heteroatoms. The highest BCUT2D eigenvalue weighted by atomic mass is 32.1. The van der Waals surface area contributed by atoms with Crippen LogP contribution < -0.4 is 10.6 Å². The summed E-state index contributed by atoms with van der Waals surface area (Å²) in [5.41, 5.74) is 6.55. The highest BCUT2D eigenvalue weighted by molar-refractivity contribution is 7.80. The van der Waals surface area contributed by atoms with E-state index in [-0.39, 0.29) is 0 Å². The van der Waals surface area contributed by atoms with Gasteiger partial charge in [-0.3, -0.25) is 9.36 Å². The average molecular weight is 383 g/mol. The van der Waals surface area contributed by atoms with E-state index in [0.717, 1.165) is 35.9 Å². The van der Waals surface area contributed by atoms with Crippen molar-refractivity contribution in [3.63, 3.8) is 0 Å². The van der Waals surface area contributed by atoms with Crippen LogP contribution in [0.25, 0.3) is 0 Å². The second kappa shape index (κ2) is 8.35. The van der Waals surface area contributed by atoms with Crippen LogP contribution in [0.3, 0.4) is 0 Å². The van der Waals surface area contributed by atoms with Crippen molar-refractivity contribution in [2.45, 2.75) is 47.3 Å². The number of nitrogens with zero attached hydrogens (tertiary/aromatic N) is 4. The van der Waals surface area contributed by atoms with Gasteiger partial charge in [-0.1, -0.05) is 29.8 Å². The molecule has 2 heterocycles. The fraction of sp³-hybridized carbons (Fsp3) is 0.350. The average Bonchev–Trinajstić information content (AvgIpc) is 3.21. The maximum absolute atomic E-state index is 5.47. The van der Waals surface area contributed by atoms with E-state index >= 15 is 0 Å². The molecule has 0 radical (unpaired) electrons. The molecule has 0 fully saturated rings. The van der Waals surface area contributed by atoms with Crippen LogP contribution in [0.5, 0.6) is 0 Å². The molecule has 0 bridgehead atoms. The van der Waals surface area contributed by atoms with E-state index < -0.39 is 0 Å². The minimum absolute atomic E-state index is 0.583. The standard InChI is InChI=1S/C20H26N6S/c1-5-25-18(10-11-22-25)12-21-20(27)23-19-15(3)24-26(16(19)4)13-17-8-6-14(2)7-9-17/h6-11H,5,12-13H2,1-4H3,(H2,21,23,27). The number of thiocarbonyl (C=S) groups is 1. The number of hydrogen-bond acceptors (Lipinski definition) is 3. The van der Waals surface area contributed by atoms with Crippen molar-refractivity contribution < 1.29 is 0 Å². The first kappa shape index (κ1) is 19.1. The van der Waals surface area contributed by atoms with Crippen molar-refractivity contribution in [2.24, 2.45) is 0 Å². The van der Waals surface area contributed by atoms with E-state index in [0.29, 0.717) is 11.7 Å². The van der Waals surface area contributed by atoms with Crippen LogP contribution in [-0.4, -0.2) is 24.7 Å². The molecule has 3 aromatic rings. The lowest BCUT2D eigenvalue weighted by Gasteiger charge is -2.12. The number of benzene rings is 1. The Labute approximate surface area is 165 Å². The van der Waals surface area contributed by atoms with Gasteiger partial charge in [-0.25, -0.2) is 0 Å². The van der Waals surface area contributed by atoms with Crippen LogP contribution in [0.2, 0.25) is 0 Å². The van der Waals surface area contributed by atoms with E-state index in [1.807, 2.05) is 22.4 Å². The van der Waals surface area contributed by atoms with Gasteiger partial charge in [-0.15, -0.1) is 0 Å². The van der Waals surface area contributed by atoms with Crippen molar-refractivity contribution in [3.05, 3.63) is 64.7 Å². The molecule has 1 aromatic carbocycles. The molecule has 0 aliphatic carbocycles. The highest BCUT2D eigenvalue weighted by Crippen LogP contribution is 2.20. The summed E-state index contributed by atoms with van der Waals surface area (Å²) < 4.78 is 3.96. The molecule has 2 N–H and O–H groups in total.